The lowest BCUT2D eigenvalue weighted by molar-refractivity contribution is -0.162. The Morgan fingerprint density at radius 2 is 0.842 bits per heavy atom. The van der Waals surface area contributed by atoms with E-state index in [1.807, 2.05) is 24.3 Å². The lowest BCUT2D eigenvalue weighted by atomic mass is 9.83. The van der Waals surface area contributed by atoms with Crippen molar-refractivity contribution in [1.29, 1.82) is 0 Å². The molecule has 0 N–H and O–H groups in total. The Labute approximate surface area is 220 Å². The van der Waals surface area contributed by atoms with E-state index in [0.29, 0.717) is 38.5 Å². The highest BCUT2D eigenvalue weighted by Crippen LogP contribution is 2.36. The van der Waals surface area contributed by atoms with Crippen LogP contribution in [0.15, 0.2) is 36.5 Å². The molecule has 38 heavy (non-hydrogen) atoms. The molecule has 10 nitrogen and oxygen atoms in total. The Hall–Kier alpha value is -3.56. The molecule has 2 heterocycles. The summed E-state index contributed by atoms with van der Waals surface area (Å²) in [6.07, 6.45) is 14.0. The van der Waals surface area contributed by atoms with Gasteiger partial charge in [-0.3, -0.25) is 38.6 Å². The van der Waals surface area contributed by atoms with Crippen LogP contribution in [0.4, 0.5) is 0 Å². The average Bonchev–Trinajstić information content (AvgIpc) is 3.33. The number of carbonyl (C=O) groups is 6. The maximum absolute atomic E-state index is 12.8. The number of hydrogen-bond donors (Lipinski definition) is 0. The fourth-order valence-corrected chi connectivity index (χ4v) is 6.20. The van der Waals surface area contributed by atoms with Gasteiger partial charge in [-0.05, 0) is 38.5 Å². The first-order valence-corrected chi connectivity index (χ1v) is 13.4. The van der Waals surface area contributed by atoms with Gasteiger partial charge < -0.3 is 9.47 Å². The maximum Gasteiger partial charge on any atom is 0.310 e. The zero-order chi connectivity index (χ0) is 26.8. The van der Waals surface area contributed by atoms with Gasteiger partial charge in [0.05, 0.1) is 48.6 Å². The molecule has 0 bridgehead atoms. The standard InChI is InChI=1S/C28H32N2O8/c31-23-17-7-1-2-8-18(17)24(32)29(23)13-15-37-27(35)21-11-5-6-12-22(21)28(36)38-16-14-30-25(33)19-9-3-4-10-20(19)26(30)34/h1-6,17-22H,7-16H2. The summed E-state index contributed by atoms with van der Waals surface area (Å²) < 4.78 is 10.8. The van der Waals surface area contributed by atoms with E-state index in [4.69, 9.17) is 9.47 Å². The lowest BCUT2D eigenvalue weighted by Crippen LogP contribution is -2.38. The summed E-state index contributed by atoms with van der Waals surface area (Å²) in [6.45, 7) is -0.296. The number of hydrogen-bond acceptors (Lipinski definition) is 8. The monoisotopic (exact) mass is 524 g/mol. The van der Waals surface area contributed by atoms with E-state index in [0.717, 1.165) is 0 Å². The number of esters is 2. The van der Waals surface area contributed by atoms with Crippen LogP contribution in [-0.4, -0.2) is 71.7 Å². The number of nitrogens with zero attached hydrogens (tertiary/aromatic N) is 2. The number of allylic oxidation sites excluding steroid dienone is 6. The topological polar surface area (TPSA) is 127 Å². The van der Waals surface area contributed by atoms with Crippen LogP contribution < -0.4 is 0 Å². The third-order valence-corrected chi connectivity index (χ3v) is 8.35. The predicted octanol–water partition coefficient (Wildman–Crippen LogP) is 1.56. The van der Waals surface area contributed by atoms with Crippen LogP contribution in [0.2, 0.25) is 0 Å². The molecular weight excluding hydrogens is 492 g/mol. The van der Waals surface area contributed by atoms with E-state index < -0.39 is 23.8 Å². The van der Waals surface area contributed by atoms with Gasteiger partial charge in [0, 0.05) is 0 Å². The Bertz CT molecular complexity index is 986. The van der Waals surface area contributed by atoms with Crippen LogP contribution in [0, 0.1) is 35.5 Å². The van der Waals surface area contributed by atoms with Crippen LogP contribution in [0.25, 0.3) is 0 Å². The SMILES string of the molecule is O=C(OCCN1C(=O)C2CC=CCC2C1=O)C1CC=CCC1C(=O)OCCN1C(=O)C2CC=CCC2C1=O. The van der Waals surface area contributed by atoms with Gasteiger partial charge in [0.1, 0.15) is 13.2 Å². The maximum atomic E-state index is 12.8. The molecule has 0 spiro atoms. The molecule has 5 aliphatic rings. The minimum Gasteiger partial charge on any atom is -0.464 e. The van der Waals surface area contributed by atoms with Gasteiger partial charge in [0.2, 0.25) is 23.6 Å². The molecule has 10 heteroatoms. The van der Waals surface area contributed by atoms with Crippen molar-refractivity contribution in [3.63, 3.8) is 0 Å². The first kappa shape index (κ1) is 26.1. The molecule has 4 amide bonds. The van der Waals surface area contributed by atoms with Crippen LogP contribution in [0.5, 0.6) is 0 Å². The molecule has 0 aromatic carbocycles. The van der Waals surface area contributed by atoms with Crippen molar-refractivity contribution in [1.82, 2.24) is 9.80 Å². The fraction of sp³-hybridized carbons (Fsp3) is 0.571. The molecule has 0 radical (unpaired) electrons. The molecule has 6 unspecified atom stereocenters. The van der Waals surface area contributed by atoms with Gasteiger partial charge >= 0.3 is 11.9 Å². The number of likely N-dealkylation sites (tertiary alicyclic amines) is 2. The Balaban J connectivity index is 1.09. The smallest absolute Gasteiger partial charge is 0.310 e. The summed E-state index contributed by atoms with van der Waals surface area (Å²) in [5, 5.41) is 0. The predicted molar refractivity (Wildman–Crippen MR) is 131 cm³/mol. The van der Waals surface area contributed by atoms with Crippen LogP contribution in [-0.2, 0) is 38.2 Å². The van der Waals surface area contributed by atoms with Gasteiger partial charge in [-0.1, -0.05) is 36.5 Å². The number of fused-ring (bicyclic) bond motifs is 2. The van der Waals surface area contributed by atoms with E-state index in [9.17, 15) is 28.8 Å². The van der Waals surface area contributed by atoms with Crippen molar-refractivity contribution in [2.24, 2.45) is 35.5 Å². The lowest BCUT2D eigenvalue weighted by Gasteiger charge is -2.26. The summed E-state index contributed by atoms with van der Waals surface area (Å²) in [6, 6.07) is 0. The third kappa shape index (κ3) is 4.83. The van der Waals surface area contributed by atoms with E-state index in [-0.39, 0.29) is 73.6 Å². The first-order chi connectivity index (χ1) is 18.4. The van der Waals surface area contributed by atoms with E-state index in [1.165, 1.54) is 9.80 Å². The average molecular weight is 525 g/mol. The van der Waals surface area contributed by atoms with E-state index in [1.54, 1.807) is 12.2 Å². The number of ether oxygens (including phenoxy) is 2. The van der Waals surface area contributed by atoms with Crippen LogP contribution in [0.1, 0.15) is 38.5 Å². The highest BCUT2D eigenvalue weighted by atomic mass is 16.5. The zero-order valence-corrected chi connectivity index (χ0v) is 21.2. The highest BCUT2D eigenvalue weighted by molar-refractivity contribution is 6.06. The molecular formula is C28H32N2O8. The van der Waals surface area contributed by atoms with Crippen LogP contribution >= 0.6 is 0 Å². The molecule has 2 aliphatic heterocycles. The third-order valence-electron chi connectivity index (χ3n) is 8.35. The summed E-state index contributed by atoms with van der Waals surface area (Å²) in [7, 11) is 0. The number of amides is 4. The van der Waals surface area contributed by atoms with Crippen molar-refractivity contribution in [2.75, 3.05) is 26.3 Å². The minimum absolute atomic E-state index is 0.0104. The Morgan fingerprint density at radius 3 is 1.16 bits per heavy atom. The molecule has 2 fully saturated rings. The quantitative estimate of drug-likeness (QED) is 0.266. The largest absolute Gasteiger partial charge is 0.464 e. The second-order valence-electron chi connectivity index (χ2n) is 10.5. The van der Waals surface area contributed by atoms with Crippen molar-refractivity contribution < 1.29 is 38.2 Å². The summed E-state index contributed by atoms with van der Waals surface area (Å²) >= 11 is 0. The zero-order valence-electron chi connectivity index (χ0n) is 21.2. The highest BCUT2D eigenvalue weighted by Gasteiger charge is 2.48. The molecule has 6 atom stereocenters. The van der Waals surface area contributed by atoms with Gasteiger partial charge in [0.25, 0.3) is 0 Å². The van der Waals surface area contributed by atoms with E-state index >= 15 is 0 Å². The number of imide groups is 2. The van der Waals surface area contributed by atoms with Gasteiger partial charge in [-0.2, -0.15) is 0 Å². The summed E-state index contributed by atoms with van der Waals surface area (Å²) in [5.41, 5.74) is 0. The number of rotatable bonds is 8. The van der Waals surface area contributed by atoms with Crippen molar-refractivity contribution in [3.8, 4) is 0 Å². The summed E-state index contributed by atoms with van der Waals surface area (Å²) in [5.74, 6) is -4.94. The van der Waals surface area contributed by atoms with Gasteiger partial charge in [0.15, 0.2) is 0 Å². The van der Waals surface area contributed by atoms with Gasteiger partial charge in [-0.15, -0.1) is 0 Å². The molecule has 0 aromatic heterocycles. The Morgan fingerprint density at radius 1 is 0.553 bits per heavy atom. The Kier molecular flexibility index (Phi) is 7.58. The number of carbonyl (C=O) groups excluding carboxylic acids is 6. The molecule has 0 saturated carbocycles. The molecule has 202 valence electrons. The van der Waals surface area contributed by atoms with E-state index in [2.05, 4.69) is 0 Å². The van der Waals surface area contributed by atoms with Crippen LogP contribution in [0.3, 0.4) is 0 Å². The molecule has 3 aliphatic carbocycles. The first-order valence-electron chi connectivity index (χ1n) is 13.4. The molecule has 2 saturated heterocycles. The second-order valence-corrected chi connectivity index (χ2v) is 10.5. The normalized spacial score (nSPS) is 32.0. The second kappa shape index (κ2) is 11.0. The molecule has 5 rings (SSSR count). The minimum atomic E-state index is -0.756. The molecule has 0 aromatic rings. The van der Waals surface area contributed by atoms with Crippen molar-refractivity contribution >= 4 is 35.6 Å². The fourth-order valence-electron chi connectivity index (χ4n) is 6.20. The van der Waals surface area contributed by atoms with Gasteiger partial charge in [-0.25, -0.2) is 0 Å². The van der Waals surface area contributed by atoms with Crippen molar-refractivity contribution in [2.45, 2.75) is 38.5 Å². The summed E-state index contributed by atoms with van der Waals surface area (Å²) in [4.78, 5) is 78.4. The van der Waals surface area contributed by atoms with Crippen molar-refractivity contribution in [3.05, 3.63) is 36.5 Å².